The van der Waals surface area contributed by atoms with Gasteiger partial charge in [-0.05, 0) is 42.7 Å². The van der Waals surface area contributed by atoms with Crippen molar-refractivity contribution < 1.29 is 9.59 Å². The quantitative estimate of drug-likeness (QED) is 0.340. The summed E-state index contributed by atoms with van der Waals surface area (Å²) in [4.78, 5) is 28.4. The second-order valence-electron chi connectivity index (χ2n) is 7.91. The third-order valence-electron chi connectivity index (χ3n) is 5.58. The monoisotopic (exact) mass is 516 g/mol. The SMILES string of the molecule is CCNC(=O)[C@H](Cc1ccccc1)N(Cc1c(Cl)cccc1Cl)C(=O)CCc1ccccc1Cl. The van der Waals surface area contributed by atoms with E-state index in [1.165, 1.54) is 0 Å². The largest absolute Gasteiger partial charge is 0.355 e. The van der Waals surface area contributed by atoms with Gasteiger partial charge in [-0.25, -0.2) is 0 Å². The molecular formula is C27H27Cl3N2O2. The molecule has 3 aromatic carbocycles. The lowest BCUT2D eigenvalue weighted by Gasteiger charge is -2.32. The molecule has 0 aromatic heterocycles. The van der Waals surface area contributed by atoms with Gasteiger partial charge < -0.3 is 10.2 Å². The minimum absolute atomic E-state index is 0.120. The Kier molecular flexibility index (Phi) is 9.82. The number of nitrogens with zero attached hydrogens (tertiary/aromatic N) is 1. The van der Waals surface area contributed by atoms with Crippen LogP contribution in [0.3, 0.4) is 0 Å². The smallest absolute Gasteiger partial charge is 0.243 e. The number of amides is 2. The Labute approximate surface area is 215 Å². The molecule has 0 aliphatic carbocycles. The lowest BCUT2D eigenvalue weighted by atomic mass is 10.0. The van der Waals surface area contributed by atoms with Crippen molar-refractivity contribution in [1.82, 2.24) is 10.2 Å². The van der Waals surface area contributed by atoms with Crippen molar-refractivity contribution in [3.05, 3.63) is 105 Å². The summed E-state index contributed by atoms with van der Waals surface area (Å²) in [7, 11) is 0. The first-order valence-electron chi connectivity index (χ1n) is 11.2. The van der Waals surface area contributed by atoms with Gasteiger partial charge in [0.1, 0.15) is 6.04 Å². The van der Waals surface area contributed by atoms with Crippen LogP contribution in [-0.2, 0) is 29.0 Å². The van der Waals surface area contributed by atoms with E-state index in [0.717, 1.165) is 11.1 Å². The number of benzene rings is 3. The van der Waals surface area contributed by atoms with Gasteiger partial charge in [0.25, 0.3) is 0 Å². The van der Waals surface area contributed by atoms with E-state index in [4.69, 9.17) is 34.8 Å². The number of carbonyl (C=O) groups is 2. The molecule has 7 heteroatoms. The highest BCUT2D eigenvalue weighted by molar-refractivity contribution is 6.36. The Balaban J connectivity index is 1.95. The molecule has 4 nitrogen and oxygen atoms in total. The number of hydrogen-bond donors (Lipinski definition) is 1. The summed E-state index contributed by atoms with van der Waals surface area (Å²) in [5.74, 6) is -0.399. The van der Waals surface area contributed by atoms with Crippen LogP contribution < -0.4 is 5.32 Å². The van der Waals surface area contributed by atoms with Crippen LogP contribution >= 0.6 is 34.8 Å². The average molecular weight is 518 g/mol. The zero-order chi connectivity index (χ0) is 24.5. The number of hydrogen-bond acceptors (Lipinski definition) is 2. The Bertz CT molecular complexity index is 1100. The van der Waals surface area contributed by atoms with Crippen LogP contribution in [-0.4, -0.2) is 29.3 Å². The highest BCUT2D eigenvalue weighted by Gasteiger charge is 2.31. The van der Waals surface area contributed by atoms with Crippen molar-refractivity contribution >= 4 is 46.6 Å². The van der Waals surface area contributed by atoms with E-state index in [1.54, 1.807) is 29.2 Å². The number of likely N-dealkylation sites (N-methyl/N-ethyl adjacent to an activating group) is 1. The van der Waals surface area contributed by atoms with Gasteiger partial charge in [0, 0.05) is 46.6 Å². The fourth-order valence-corrected chi connectivity index (χ4v) is 4.53. The number of halogens is 3. The fourth-order valence-electron chi connectivity index (χ4n) is 3.79. The van der Waals surface area contributed by atoms with Crippen LogP contribution in [0.4, 0.5) is 0 Å². The second kappa shape index (κ2) is 12.8. The maximum atomic E-state index is 13.6. The summed E-state index contributed by atoms with van der Waals surface area (Å²) in [5.41, 5.74) is 2.44. The molecule has 0 aliphatic rings. The zero-order valence-corrected chi connectivity index (χ0v) is 21.2. The highest BCUT2D eigenvalue weighted by Crippen LogP contribution is 2.28. The maximum Gasteiger partial charge on any atom is 0.243 e. The van der Waals surface area contributed by atoms with Gasteiger partial charge in [0.15, 0.2) is 0 Å². The molecule has 0 unspecified atom stereocenters. The third-order valence-corrected chi connectivity index (χ3v) is 6.66. The van der Waals surface area contributed by atoms with Crippen molar-refractivity contribution in [3.63, 3.8) is 0 Å². The van der Waals surface area contributed by atoms with Crippen molar-refractivity contribution in [3.8, 4) is 0 Å². The van der Waals surface area contributed by atoms with E-state index >= 15 is 0 Å². The molecule has 1 atom stereocenters. The topological polar surface area (TPSA) is 49.4 Å². The molecule has 0 aliphatic heterocycles. The van der Waals surface area contributed by atoms with E-state index in [-0.39, 0.29) is 24.8 Å². The Morgan fingerprint density at radius 3 is 2.12 bits per heavy atom. The van der Waals surface area contributed by atoms with E-state index in [2.05, 4.69) is 5.32 Å². The van der Waals surface area contributed by atoms with Crippen molar-refractivity contribution in [1.29, 1.82) is 0 Å². The molecular weight excluding hydrogens is 491 g/mol. The van der Waals surface area contributed by atoms with Gasteiger partial charge in [-0.2, -0.15) is 0 Å². The molecule has 2 amide bonds. The first kappa shape index (κ1) is 26.1. The first-order valence-corrected chi connectivity index (χ1v) is 12.3. The summed E-state index contributed by atoms with van der Waals surface area (Å²) in [6.45, 7) is 2.43. The normalized spacial score (nSPS) is 11.6. The fraction of sp³-hybridized carbons (Fsp3) is 0.259. The maximum absolute atomic E-state index is 13.6. The predicted molar refractivity (Wildman–Crippen MR) is 139 cm³/mol. The molecule has 0 spiro atoms. The molecule has 0 bridgehead atoms. The van der Waals surface area contributed by atoms with Gasteiger partial charge in [-0.15, -0.1) is 0 Å². The molecule has 0 heterocycles. The minimum atomic E-state index is -0.728. The molecule has 3 aromatic rings. The highest BCUT2D eigenvalue weighted by atomic mass is 35.5. The Morgan fingerprint density at radius 2 is 1.47 bits per heavy atom. The van der Waals surface area contributed by atoms with E-state index in [9.17, 15) is 9.59 Å². The van der Waals surface area contributed by atoms with Crippen molar-refractivity contribution in [2.24, 2.45) is 0 Å². The molecule has 0 fully saturated rings. The summed E-state index contributed by atoms with van der Waals surface area (Å²) in [6.07, 6.45) is 1.02. The van der Waals surface area contributed by atoms with Gasteiger partial charge in [0.2, 0.25) is 11.8 Å². The first-order chi connectivity index (χ1) is 16.4. The second-order valence-corrected chi connectivity index (χ2v) is 9.13. The molecule has 1 N–H and O–H groups in total. The Morgan fingerprint density at radius 1 is 0.853 bits per heavy atom. The van der Waals surface area contributed by atoms with Crippen LogP contribution in [0.15, 0.2) is 72.8 Å². The lowest BCUT2D eigenvalue weighted by Crippen LogP contribution is -2.50. The van der Waals surface area contributed by atoms with Crippen LogP contribution in [0.25, 0.3) is 0 Å². The standard InChI is InChI=1S/C27H27Cl3N2O2/c1-2-31-27(34)25(17-19-9-4-3-5-10-19)32(18-21-23(29)13-8-14-24(21)30)26(33)16-15-20-11-6-7-12-22(20)28/h3-14,25H,2,15-18H2,1H3,(H,31,34)/t25-/m0/s1. The van der Waals surface area contributed by atoms with Crippen molar-refractivity contribution in [2.45, 2.75) is 38.8 Å². The molecule has 0 saturated heterocycles. The molecule has 0 radical (unpaired) electrons. The summed E-state index contributed by atoms with van der Waals surface area (Å²) < 4.78 is 0. The van der Waals surface area contributed by atoms with Crippen LogP contribution in [0.1, 0.15) is 30.0 Å². The average Bonchev–Trinajstić information content (AvgIpc) is 2.83. The Hall–Kier alpha value is -2.53. The van der Waals surface area contributed by atoms with E-state index in [1.807, 2.05) is 55.5 Å². The molecule has 3 rings (SSSR count). The summed E-state index contributed by atoms with van der Waals surface area (Å²) >= 11 is 19.2. The van der Waals surface area contributed by atoms with Gasteiger partial charge in [-0.3, -0.25) is 9.59 Å². The third kappa shape index (κ3) is 6.99. The predicted octanol–water partition coefficient (Wildman–Crippen LogP) is 6.36. The summed E-state index contributed by atoms with van der Waals surface area (Å²) in [5, 5.41) is 4.39. The minimum Gasteiger partial charge on any atom is -0.355 e. The van der Waals surface area contributed by atoms with E-state index in [0.29, 0.717) is 40.0 Å². The number of carbonyl (C=O) groups excluding carboxylic acids is 2. The van der Waals surface area contributed by atoms with E-state index < -0.39 is 6.04 Å². The molecule has 178 valence electrons. The zero-order valence-electron chi connectivity index (χ0n) is 18.9. The lowest BCUT2D eigenvalue weighted by molar-refractivity contribution is -0.141. The molecule has 34 heavy (non-hydrogen) atoms. The van der Waals surface area contributed by atoms with Crippen molar-refractivity contribution in [2.75, 3.05) is 6.54 Å². The number of nitrogens with one attached hydrogen (secondary N) is 1. The number of rotatable bonds is 10. The van der Waals surface area contributed by atoms with Crippen LogP contribution in [0.2, 0.25) is 15.1 Å². The molecule has 0 saturated carbocycles. The number of aryl methyl sites for hydroxylation is 1. The van der Waals surface area contributed by atoms with Crippen LogP contribution in [0, 0.1) is 0 Å². The van der Waals surface area contributed by atoms with Gasteiger partial charge in [-0.1, -0.05) is 89.4 Å². The van der Waals surface area contributed by atoms with Crippen LogP contribution in [0.5, 0.6) is 0 Å². The van der Waals surface area contributed by atoms with Gasteiger partial charge >= 0.3 is 0 Å². The van der Waals surface area contributed by atoms with Gasteiger partial charge in [0.05, 0.1) is 0 Å². The summed E-state index contributed by atoms with van der Waals surface area (Å²) in [6, 6.07) is 21.6.